The molecule has 3 nitrogen and oxygen atoms in total. The molecule has 0 bridgehead atoms. The van der Waals surface area contributed by atoms with E-state index in [1.165, 1.54) is 0 Å². The van der Waals surface area contributed by atoms with Gasteiger partial charge in [0.25, 0.3) is 0 Å². The van der Waals surface area contributed by atoms with E-state index in [-0.39, 0.29) is 17.4 Å². The Labute approximate surface area is 122 Å². The van der Waals surface area contributed by atoms with Crippen LogP contribution >= 0.6 is 0 Å². The van der Waals surface area contributed by atoms with Crippen LogP contribution in [-0.2, 0) is 0 Å². The molecule has 1 heterocycles. The molecule has 106 valence electrons. The van der Waals surface area contributed by atoms with E-state index in [0.29, 0.717) is 23.3 Å². The molecular weight excluding hydrogens is 264 g/mol. The summed E-state index contributed by atoms with van der Waals surface area (Å²) >= 11 is 0. The second-order valence-corrected chi connectivity index (χ2v) is 5.81. The van der Waals surface area contributed by atoms with E-state index >= 15 is 0 Å². The molecule has 0 fully saturated rings. The van der Waals surface area contributed by atoms with E-state index in [1.54, 1.807) is 0 Å². The summed E-state index contributed by atoms with van der Waals surface area (Å²) in [6, 6.07) is 9.99. The van der Waals surface area contributed by atoms with E-state index in [4.69, 9.17) is 4.74 Å². The molecule has 0 unspecified atom stereocenters. The Morgan fingerprint density at radius 1 is 1.00 bits per heavy atom. The summed E-state index contributed by atoms with van der Waals surface area (Å²) in [7, 11) is 0. The molecule has 0 aromatic heterocycles. The lowest BCUT2D eigenvalue weighted by molar-refractivity contribution is 0.340. The molecule has 0 amide bonds. The van der Waals surface area contributed by atoms with Crippen LogP contribution in [0.5, 0.6) is 17.2 Å². The van der Waals surface area contributed by atoms with Crippen molar-refractivity contribution in [3.05, 3.63) is 41.5 Å². The predicted molar refractivity (Wildman–Crippen MR) is 83.4 cm³/mol. The standard InChI is InChI=1S/C18H16O3/c1-9-4-3-5-12-11(9)6-7-13-15(12)17(20)16(19)14-10(2)8-21-18(13)14/h3-7,10,19-20H,8H2,1-2H3/t10-/m0/s1. The third-order valence-electron chi connectivity index (χ3n) is 4.46. The first-order valence-corrected chi connectivity index (χ1v) is 7.12. The van der Waals surface area contributed by atoms with E-state index in [0.717, 1.165) is 21.7 Å². The van der Waals surface area contributed by atoms with Gasteiger partial charge in [0.05, 0.1) is 6.61 Å². The van der Waals surface area contributed by atoms with Gasteiger partial charge in [-0.3, -0.25) is 0 Å². The SMILES string of the molecule is Cc1cccc2c1ccc1c3c(c(O)c(O)c12)[C@@H](C)CO3. The van der Waals surface area contributed by atoms with E-state index in [9.17, 15) is 10.2 Å². The summed E-state index contributed by atoms with van der Waals surface area (Å²) < 4.78 is 5.77. The Kier molecular flexibility index (Phi) is 2.37. The van der Waals surface area contributed by atoms with E-state index < -0.39 is 0 Å². The zero-order valence-electron chi connectivity index (χ0n) is 12.0. The van der Waals surface area contributed by atoms with Crippen LogP contribution in [0.15, 0.2) is 30.3 Å². The first-order chi connectivity index (χ1) is 10.1. The number of hydrogen-bond donors (Lipinski definition) is 2. The van der Waals surface area contributed by atoms with Crippen molar-refractivity contribution in [1.29, 1.82) is 0 Å². The van der Waals surface area contributed by atoms with Gasteiger partial charge in [0.15, 0.2) is 11.5 Å². The quantitative estimate of drug-likeness (QED) is 0.479. The molecule has 21 heavy (non-hydrogen) atoms. The zero-order valence-corrected chi connectivity index (χ0v) is 12.0. The molecule has 0 radical (unpaired) electrons. The number of rotatable bonds is 0. The van der Waals surface area contributed by atoms with Crippen molar-refractivity contribution in [3.63, 3.8) is 0 Å². The molecule has 0 saturated carbocycles. The number of benzene rings is 3. The first-order valence-electron chi connectivity index (χ1n) is 7.12. The van der Waals surface area contributed by atoms with Crippen molar-refractivity contribution < 1.29 is 14.9 Å². The van der Waals surface area contributed by atoms with Gasteiger partial charge in [-0.15, -0.1) is 0 Å². The van der Waals surface area contributed by atoms with Crippen LogP contribution in [0.2, 0.25) is 0 Å². The van der Waals surface area contributed by atoms with Gasteiger partial charge in [-0.25, -0.2) is 0 Å². The number of hydrogen-bond acceptors (Lipinski definition) is 3. The maximum absolute atomic E-state index is 10.5. The fourth-order valence-electron chi connectivity index (χ4n) is 3.36. The maximum Gasteiger partial charge on any atom is 0.166 e. The average molecular weight is 280 g/mol. The van der Waals surface area contributed by atoms with Crippen LogP contribution in [0.25, 0.3) is 21.5 Å². The highest BCUT2D eigenvalue weighted by atomic mass is 16.5. The smallest absolute Gasteiger partial charge is 0.166 e. The van der Waals surface area contributed by atoms with Gasteiger partial charge in [-0.1, -0.05) is 31.2 Å². The molecule has 1 aliphatic rings. The van der Waals surface area contributed by atoms with Gasteiger partial charge < -0.3 is 14.9 Å². The van der Waals surface area contributed by atoms with Crippen molar-refractivity contribution in [2.24, 2.45) is 0 Å². The van der Waals surface area contributed by atoms with Crippen LogP contribution in [0.4, 0.5) is 0 Å². The predicted octanol–water partition coefficient (Wildman–Crippen LogP) is 4.21. The van der Waals surface area contributed by atoms with Crippen molar-refractivity contribution in [3.8, 4) is 17.2 Å². The summed E-state index contributed by atoms with van der Waals surface area (Å²) in [6.45, 7) is 4.56. The van der Waals surface area contributed by atoms with Crippen LogP contribution in [-0.4, -0.2) is 16.8 Å². The normalized spacial score (nSPS) is 17.1. The highest BCUT2D eigenvalue weighted by Crippen LogP contribution is 2.52. The number of aromatic hydroxyl groups is 2. The van der Waals surface area contributed by atoms with Crippen LogP contribution < -0.4 is 4.74 Å². The minimum atomic E-state index is -0.0449. The Balaban J connectivity index is 2.27. The van der Waals surface area contributed by atoms with Crippen LogP contribution in [0.1, 0.15) is 24.0 Å². The summed E-state index contributed by atoms with van der Waals surface area (Å²) in [5, 5.41) is 24.5. The Morgan fingerprint density at radius 3 is 2.57 bits per heavy atom. The number of phenols is 2. The molecule has 0 saturated heterocycles. The highest BCUT2D eigenvalue weighted by Gasteiger charge is 2.30. The zero-order chi connectivity index (χ0) is 14.7. The number of phenolic OH excluding ortho intramolecular Hbond substituents is 2. The minimum absolute atomic E-state index is 0.0442. The maximum atomic E-state index is 10.5. The lowest BCUT2D eigenvalue weighted by Gasteiger charge is -2.14. The van der Waals surface area contributed by atoms with Gasteiger partial charge in [0, 0.05) is 22.3 Å². The molecule has 2 N–H and O–H groups in total. The van der Waals surface area contributed by atoms with Crippen molar-refractivity contribution in [2.75, 3.05) is 6.61 Å². The summed E-state index contributed by atoms with van der Waals surface area (Å²) in [4.78, 5) is 0. The fraction of sp³-hybridized carbons (Fsp3) is 0.222. The third kappa shape index (κ3) is 1.49. The lowest BCUT2D eigenvalue weighted by atomic mass is 9.93. The van der Waals surface area contributed by atoms with E-state index in [1.807, 2.05) is 38.1 Å². The molecule has 0 aliphatic carbocycles. The minimum Gasteiger partial charge on any atom is -0.504 e. The topological polar surface area (TPSA) is 49.7 Å². The second kappa shape index (κ2) is 4.04. The molecule has 0 spiro atoms. The van der Waals surface area contributed by atoms with Gasteiger partial charge in [-0.2, -0.15) is 0 Å². The molecule has 1 atom stereocenters. The van der Waals surface area contributed by atoms with Crippen molar-refractivity contribution in [2.45, 2.75) is 19.8 Å². The molecule has 3 aromatic rings. The van der Waals surface area contributed by atoms with Gasteiger partial charge >= 0.3 is 0 Å². The second-order valence-electron chi connectivity index (χ2n) is 5.81. The molecule has 3 heteroatoms. The highest BCUT2D eigenvalue weighted by molar-refractivity contribution is 6.14. The van der Waals surface area contributed by atoms with Crippen molar-refractivity contribution >= 4 is 21.5 Å². The number of aryl methyl sites for hydroxylation is 1. The summed E-state index contributed by atoms with van der Waals surface area (Å²) in [5.74, 6) is 0.702. The average Bonchev–Trinajstić information content (AvgIpc) is 2.86. The first kappa shape index (κ1) is 12.3. The van der Waals surface area contributed by atoms with Crippen molar-refractivity contribution in [1.82, 2.24) is 0 Å². The van der Waals surface area contributed by atoms with Gasteiger partial charge in [-0.05, 0) is 29.3 Å². The largest absolute Gasteiger partial charge is 0.504 e. The van der Waals surface area contributed by atoms with E-state index in [2.05, 4.69) is 6.07 Å². The summed E-state index contributed by atoms with van der Waals surface area (Å²) in [5.41, 5.74) is 1.86. The van der Waals surface area contributed by atoms with Gasteiger partial charge in [0.2, 0.25) is 0 Å². The number of ether oxygens (including phenoxy) is 1. The lowest BCUT2D eigenvalue weighted by Crippen LogP contribution is -1.93. The Morgan fingerprint density at radius 2 is 1.76 bits per heavy atom. The van der Waals surface area contributed by atoms with Crippen LogP contribution in [0, 0.1) is 6.92 Å². The summed E-state index contributed by atoms with van der Waals surface area (Å²) in [6.07, 6.45) is 0. The monoisotopic (exact) mass is 280 g/mol. The number of fused-ring (bicyclic) bond motifs is 5. The Hall–Kier alpha value is -2.42. The molecule has 4 rings (SSSR count). The van der Waals surface area contributed by atoms with Gasteiger partial charge in [0.1, 0.15) is 5.75 Å². The molecular formula is C18H16O3. The molecule has 1 aliphatic heterocycles. The van der Waals surface area contributed by atoms with Crippen LogP contribution in [0.3, 0.4) is 0 Å². The third-order valence-corrected chi connectivity index (χ3v) is 4.46. The Bertz CT molecular complexity index is 896. The molecule has 3 aromatic carbocycles. The fourth-order valence-corrected chi connectivity index (χ4v) is 3.36.